The molecule has 0 aliphatic heterocycles. The summed E-state index contributed by atoms with van der Waals surface area (Å²) in [6, 6.07) is 60.5. The third kappa shape index (κ3) is 3.79. The van der Waals surface area contributed by atoms with Gasteiger partial charge in [0.05, 0.1) is 16.6 Å². The Morgan fingerprint density at radius 3 is 1.72 bits per heavy atom. The molecule has 0 aliphatic rings. The molecule has 0 unspecified atom stereocenters. The zero-order valence-corrected chi connectivity index (χ0v) is 25.5. The van der Waals surface area contributed by atoms with Crippen molar-refractivity contribution in [2.75, 3.05) is 0 Å². The number of imidazole rings is 1. The third-order valence-corrected chi connectivity index (χ3v) is 9.41. The largest absolute Gasteiger partial charge is 0.307 e. The van der Waals surface area contributed by atoms with Gasteiger partial charge in [0.1, 0.15) is 11.3 Å². The van der Waals surface area contributed by atoms with Crippen LogP contribution in [0.3, 0.4) is 0 Å². The van der Waals surface area contributed by atoms with Crippen LogP contribution in [0.2, 0.25) is 0 Å². The Labute approximate surface area is 271 Å². The highest BCUT2D eigenvalue weighted by molar-refractivity contribution is 6.23. The fraction of sp³-hybridized carbons (Fsp3) is 0. The van der Waals surface area contributed by atoms with Crippen molar-refractivity contribution in [2.24, 2.45) is 0 Å². The minimum Gasteiger partial charge on any atom is -0.307 e. The molecule has 10 aromatic rings. The first-order chi connectivity index (χ1) is 23.3. The zero-order valence-electron chi connectivity index (χ0n) is 25.5. The van der Waals surface area contributed by atoms with Crippen LogP contribution >= 0.6 is 0 Å². The zero-order chi connectivity index (χ0) is 30.9. The Morgan fingerprint density at radius 2 is 0.957 bits per heavy atom. The molecular formula is C43H28N4. The van der Waals surface area contributed by atoms with E-state index in [2.05, 4.69) is 184 Å². The molecule has 4 heteroatoms. The number of hydrogen-bond donors (Lipinski definition) is 0. The Kier molecular flexibility index (Phi) is 5.54. The first-order valence-electron chi connectivity index (χ1n) is 16.0. The number of benzene rings is 7. The number of nitrogens with zero attached hydrogens (tertiary/aromatic N) is 4. The van der Waals surface area contributed by atoms with E-state index in [4.69, 9.17) is 4.98 Å². The average Bonchev–Trinajstić information content (AvgIpc) is 3.80. The van der Waals surface area contributed by atoms with Crippen LogP contribution in [0.25, 0.3) is 83.1 Å². The molecule has 0 bridgehead atoms. The van der Waals surface area contributed by atoms with Crippen molar-refractivity contribution in [2.45, 2.75) is 0 Å². The van der Waals surface area contributed by atoms with Gasteiger partial charge in [0.25, 0.3) is 0 Å². The second kappa shape index (κ2) is 10.1. The maximum atomic E-state index is 5.49. The number of rotatable bonds is 4. The van der Waals surface area contributed by atoms with E-state index in [1.807, 2.05) is 0 Å². The fourth-order valence-corrected chi connectivity index (χ4v) is 7.39. The van der Waals surface area contributed by atoms with Gasteiger partial charge < -0.3 is 4.57 Å². The standard InChI is InChI=1S/C43H28N4/c1-4-15-30(16-5-1)42-44-43-41(47(42)33-20-8-3-9-21-33)37-27-26-36-35-22-12-13-23-38(35)45(34-25-24-29-14-10-11-17-31(29)28-34)39(36)40(37)46(43)32-18-6-2-7-19-32/h1-28H. The number of hydrogen-bond acceptors (Lipinski definition) is 1. The molecule has 3 aromatic heterocycles. The highest BCUT2D eigenvalue weighted by atomic mass is 15.2. The molecule has 220 valence electrons. The summed E-state index contributed by atoms with van der Waals surface area (Å²) in [7, 11) is 0. The van der Waals surface area contributed by atoms with Crippen LogP contribution in [0.1, 0.15) is 0 Å². The molecular weight excluding hydrogens is 573 g/mol. The predicted molar refractivity (Wildman–Crippen MR) is 195 cm³/mol. The lowest BCUT2D eigenvalue weighted by atomic mass is 10.1. The van der Waals surface area contributed by atoms with Gasteiger partial charge in [-0.1, -0.05) is 121 Å². The van der Waals surface area contributed by atoms with Crippen LogP contribution in [-0.2, 0) is 0 Å². The summed E-state index contributed by atoms with van der Waals surface area (Å²) < 4.78 is 7.15. The lowest BCUT2D eigenvalue weighted by Gasteiger charge is -2.13. The molecule has 0 amide bonds. The van der Waals surface area contributed by atoms with Gasteiger partial charge in [-0.05, 0) is 59.3 Å². The highest BCUT2D eigenvalue weighted by Crippen LogP contribution is 2.43. The summed E-state index contributed by atoms with van der Waals surface area (Å²) in [4.78, 5) is 5.49. The quantitative estimate of drug-likeness (QED) is 0.197. The predicted octanol–water partition coefficient (Wildman–Crippen LogP) is 10.9. The molecule has 47 heavy (non-hydrogen) atoms. The highest BCUT2D eigenvalue weighted by Gasteiger charge is 2.26. The molecule has 0 fully saturated rings. The van der Waals surface area contributed by atoms with Gasteiger partial charge in [-0.25, -0.2) is 4.98 Å². The Hall–Kier alpha value is -6.39. The van der Waals surface area contributed by atoms with E-state index >= 15 is 0 Å². The van der Waals surface area contributed by atoms with Crippen molar-refractivity contribution >= 4 is 54.6 Å². The molecule has 10 rings (SSSR count). The van der Waals surface area contributed by atoms with E-state index in [1.54, 1.807) is 0 Å². The minimum absolute atomic E-state index is 0.920. The molecule has 0 atom stereocenters. The van der Waals surface area contributed by atoms with Crippen LogP contribution in [-0.4, -0.2) is 18.7 Å². The van der Waals surface area contributed by atoms with Gasteiger partial charge in [-0.3, -0.25) is 9.13 Å². The van der Waals surface area contributed by atoms with E-state index in [-0.39, 0.29) is 0 Å². The van der Waals surface area contributed by atoms with Crippen LogP contribution in [0.4, 0.5) is 0 Å². The van der Waals surface area contributed by atoms with Crippen LogP contribution in [0, 0.1) is 0 Å². The summed E-state index contributed by atoms with van der Waals surface area (Å²) in [5.74, 6) is 0.920. The first-order valence-corrected chi connectivity index (χ1v) is 16.0. The average molecular weight is 601 g/mol. The lowest BCUT2D eigenvalue weighted by Crippen LogP contribution is -2.00. The Balaban J connectivity index is 1.44. The van der Waals surface area contributed by atoms with Crippen molar-refractivity contribution < 1.29 is 0 Å². The van der Waals surface area contributed by atoms with E-state index in [0.29, 0.717) is 0 Å². The third-order valence-electron chi connectivity index (χ3n) is 9.41. The van der Waals surface area contributed by atoms with E-state index in [9.17, 15) is 0 Å². The first kappa shape index (κ1) is 25.9. The van der Waals surface area contributed by atoms with Crippen molar-refractivity contribution in [1.29, 1.82) is 0 Å². The molecule has 0 spiro atoms. The maximum Gasteiger partial charge on any atom is 0.165 e. The molecule has 0 aliphatic carbocycles. The van der Waals surface area contributed by atoms with Gasteiger partial charge in [0.2, 0.25) is 0 Å². The van der Waals surface area contributed by atoms with Gasteiger partial charge in [-0.2, -0.15) is 0 Å². The minimum atomic E-state index is 0.920. The van der Waals surface area contributed by atoms with Gasteiger partial charge in [-0.15, -0.1) is 0 Å². The SMILES string of the molecule is c1ccc(-c2nc3c(c4ccc5c6ccccc6n(-c6ccc7ccccc7c6)c5c4n3-c3ccccc3)n2-c2ccccc2)cc1. The van der Waals surface area contributed by atoms with E-state index in [0.717, 1.165) is 50.5 Å². The van der Waals surface area contributed by atoms with Crippen molar-refractivity contribution in [3.05, 3.63) is 170 Å². The normalized spacial score (nSPS) is 11.8. The molecule has 3 heterocycles. The molecule has 0 N–H and O–H groups in total. The summed E-state index contributed by atoms with van der Waals surface area (Å²) in [6.07, 6.45) is 0. The number of fused-ring (bicyclic) bond motifs is 8. The van der Waals surface area contributed by atoms with Gasteiger partial charge in [0.15, 0.2) is 5.65 Å². The van der Waals surface area contributed by atoms with E-state index in [1.165, 1.54) is 32.6 Å². The molecule has 0 saturated carbocycles. The van der Waals surface area contributed by atoms with Gasteiger partial charge >= 0.3 is 0 Å². The summed E-state index contributed by atoms with van der Waals surface area (Å²) >= 11 is 0. The topological polar surface area (TPSA) is 27.7 Å². The van der Waals surface area contributed by atoms with Crippen molar-refractivity contribution in [3.8, 4) is 28.5 Å². The summed E-state index contributed by atoms with van der Waals surface area (Å²) in [6.45, 7) is 0. The smallest absolute Gasteiger partial charge is 0.165 e. The van der Waals surface area contributed by atoms with Crippen LogP contribution in [0.15, 0.2) is 170 Å². The molecule has 4 nitrogen and oxygen atoms in total. The fourth-order valence-electron chi connectivity index (χ4n) is 7.39. The van der Waals surface area contributed by atoms with Crippen LogP contribution < -0.4 is 0 Å². The Bertz CT molecular complexity index is 2770. The summed E-state index contributed by atoms with van der Waals surface area (Å²) in [5, 5.41) is 6.05. The molecule has 0 radical (unpaired) electrons. The van der Waals surface area contributed by atoms with Crippen molar-refractivity contribution in [1.82, 2.24) is 18.7 Å². The number of aromatic nitrogens is 4. The maximum absolute atomic E-state index is 5.49. The molecule has 7 aromatic carbocycles. The second-order valence-corrected chi connectivity index (χ2v) is 12.1. The summed E-state index contributed by atoms with van der Waals surface area (Å²) in [5.41, 5.74) is 9.87. The molecule has 0 saturated heterocycles. The van der Waals surface area contributed by atoms with Crippen molar-refractivity contribution in [3.63, 3.8) is 0 Å². The number of para-hydroxylation sites is 3. The second-order valence-electron chi connectivity index (χ2n) is 12.1. The van der Waals surface area contributed by atoms with Crippen LogP contribution in [0.5, 0.6) is 0 Å². The monoisotopic (exact) mass is 600 g/mol. The lowest BCUT2D eigenvalue weighted by molar-refractivity contribution is 1.09. The van der Waals surface area contributed by atoms with Gasteiger partial charge in [0, 0.05) is 38.8 Å². The van der Waals surface area contributed by atoms with E-state index < -0.39 is 0 Å². The Morgan fingerprint density at radius 1 is 0.362 bits per heavy atom.